The molecule has 3 rings (SSSR count). The normalized spacial score (nSPS) is 12.6. The number of fused-ring (bicyclic) bond motifs is 3. The average molecular weight is 446 g/mol. The van der Waals surface area contributed by atoms with Gasteiger partial charge in [0, 0.05) is 28.9 Å². The molecule has 2 aromatic heterocycles. The van der Waals surface area contributed by atoms with Crippen LogP contribution in [0.2, 0.25) is 0 Å². The number of alkyl halides is 6. The maximum Gasteiger partial charge on any atom is 0.454 e. The van der Waals surface area contributed by atoms with Gasteiger partial charge in [-0.05, 0) is 35.9 Å². The summed E-state index contributed by atoms with van der Waals surface area (Å²) in [5.74, 6) is -1.60. The fourth-order valence-electron chi connectivity index (χ4n) is 3.15. The number of carbonyl (C=O) groups excluding carboxylic acids is 1. The van der Waals surface area contributed by atoms with Crippen LogP contribution >= 0.6 is 11.8 Å². The number of aromatic nitrogens is 2. The minimum atomic E-state index is -5.25. The highest BCUT2D eigenvalue weighted by Crippen LogP contribution is 2.41. The minimum Gasteiger partial charge on any atom is -0.284 e. The maximum atomic E-state index is 14.0. The Labute approximate surface area is 171 Å². The van der Waals surface area contributed by atoms with Gasteiger partial charge in [0.1, 0.15) is 0 Å². The van der Waals surface area contributed by atoms with Gasteiger partial charge in [-0.3, -0.25) is 14.8 Å². The van der Waals surface area contributed by atoms with Crippen molar-refractivity contribution in [2.75, 3.05) is 5.75 Å². The number of hydrogen-bond donors (Lipinski definition) is 0. The molecule has 1 aromatic carbocycles. The molecule has 0 aliphatic heterocycles. The van der Waals surface area contributed by atoms with Gasteiger partial charge >= 0.3 is 12.4 Å². The number of pyridine rings is 2. The number of halogens is 6. The molecule has 0 amide bonds. The molecule has 0 spiro atoms. The van der Waals surface area contributed by atoms with Crippen LogP contribution in [0.1, 0.15) is 41.3 Å². The van der Waals surface area contributed by atoms with Crippen molar-refractivity contribution in [2.24, 2.45) is 0 Å². The van der Waals surface area contributed by atoms with E-state index >= 15 is 0 Å². The summed E-state index contributed by atoms with van der Waals surface area (Å²) >= 11 is 1.29. The predicted octanol–water partition coefficient (Wildman–Crippen LogP) is 6.58. The van der Waals surface area contributed by atoms with Gasteiger partial charge in [-0.25, -0.2) is 0 Å². The number of hydrogen-bond acceptors (Lipinski definition) is 4. The molecule has 3 aromatic rings. The zero-order valence-corrected chi connectivity index (χ0v) is 16.5. The molecule has 160 valence electrons. The first-order valence-corrected chi connectivity index (χ1v) is 10.2. The summed E-state index contributed by atoms with van der Waals surface area (Å²) < 4.78 is 81.2. The number of thioether (sulfide) groups is 1. The van der Waals surface area contributed by atoms with Crippen LogP contribution in [0.3, 0.4) is 0 Å². The van der Waals surface area contributed by atoms with Crippen molar-refractivity contribution in [3.63, 3.8) is 0 Å². The van der Waals surface area contributed by atoms with Crippen molar-refractivity contribution >= 4 is 39.4 Å². The minimum absolute atomic E-state index is 0.00537. The number of benzene rings is 1. The predicted molar refractivity (Wildman–Crippen MR) is 104 cm³/mol. The van der Waals surface area contributed by atoms with Gasteiger partial charge in [-0.15, -0.1) is 0 Å². The van der Waals surface area contributed by atoms with Crippen molar-refractivity contribution in [2.45, 2.75) is 37.9 Å². The fourth-order valence-corrected chi connectivity index (χ4v) is 4.22. The van der Waals surface area contributed by atoms with Gasteiger partial charge in [0.2, 0.25) is 0 Å². The van der Waals surface area contributed by atoms with Crippen LogP contribution < -0.4 is 0 Å². The van der Waals surface area contributed by atoms with Crippen LogP contribution in [0.15, 0.2) is 30.6 Å². The van der Waals surface area contributed by atoms with E-state index in [1.807, 2.05) is 6.92 Å². The van der Waals surface area contributed by atoms with E-state index in [1.54, 1.807) is 0 Å². The van der Waals surface area contributed by atoms with Gasteiger partial charge in [0.25, 0.3) is 5.78 Å². The molecule has 3 nitrogen and oxygen atoms in total. The highest BCUT2D eigenvalue weighted by atomic mass is 32.2. The molecule has 0 bridgehead atoms. The summed E-state index contributed by atoms with van der Waals surface area (Å²) in [7, 11) is 0. The van der Waals surface area contributed by atoms with E-state index in [0.29, 0.717) is 11.8 Å². The standard InChI is InChI=1S/C20H16F6N2OS/c1-2-3-7-30-10-11-9-28-16-12-5-4-6-27-17(12)14(18(29)20(24,25)26)8-13(16)15(11)19(21,22)23/h4-6,8-9H,2-3,7,10H2,1H3. The van der Waals surface area contributed by atoms with Crippen molar-refractivity contribution in [3.05, 3.63) is 47.3 Å². The highest BCUT2D eigenvalue weighted by molar-refractivity contribution is 7.98. The molecular weight excluding hydrogens is 430 g/mol. The van der Waals surface area contributed by atoms with Gasteiger partial charge < -0.3 is 0 Å². The number of carbonyl (C=O) groups is 1. The van der Waals surface area contributed by atoms with Gasteiger partial charge in [-0.2, -0.15) is 38.1 Å². The van der Waals surface area contributed by atoms with Crippen LogP contribution in [0.5, 0.6) is 0 Å². The number of unbranched alkanes of at least 4 members (excludes halogenated alkanes) is 1. The van der Waals surface area contributed by atoms with Crippen LogP contribution in [-0.2, 0) is 11.9 Å². The first-order chi connectivity index (χ1) is 14.1. The molecule has 30 heavy (non-hydrogen) atoms. The Kier molecular flexibility index (Phi) is 6.26. The molecule has 0 aliphatic rings. The molecule has 0 N–H and O–H groups in total. The number of rotatable bonds is 6. The van der Waals surface area contributed by atoms with E-state index in [-0.39, 0.29) is 27.7 Å². The zero-order chi connectivity index (χ0) is 22.1. The lowest BCUT2D eigenvalue weighted by atomic mass is 9.96. The zero-order valence-electron chi connectivity index (χ0n) is 15.7. The summed E-state index contributed by atoms with van der Waals surface area (Å²) in [6, 6.07) is 3.30. The van der Waals surface area contributed by atoms with Gasteiger partial charge in [-0.1, -0.05) is 13.3 Å². The third-order valence-corrected chi connectivity index (χ3v) is 5.58. The molecule has 0 radical (unpaired) electrons. The quantitative estimate of drug-likeness (QED) is 0.186. The first kappa shape index (κ1) is 22.3. The molecule has 0 unspecified atom stereocenters. The molecule has 10 heteroatoms. The van der Waals surface area contributed by atoms with E-state index in [4.69, 9.17) is 0 Å². The molecule has 0 aliphatic carbocycles. The lowest BCUT2D eigenvalue weighted by molar-refractivity contribution is -0.136. The van der Waals surface area contributed by atoms with Crippen LogP contribution in [-0.4, -0.2) is 27.7 Å². The Morgan fingerprint density at radius 2 is 1.80 bits per heavy atom. The van der Waals surface area contributed by atoms with E-state index < -0.39 is 34.6 Å². The summed E-state index contributed by atoms with van der Waals surface area (Å²) in [6.07, 6.45) is -6.11. The van der Waals surface area contributed by atoms with Crippen molar-refractivity contribution in [1.82, 2.24) is 9.97 Å². The second kappa shape index (κ2) is 8.41. The fraction of sp³-hybridized carbons (Fsp3) is 0.350. The SMILES string of the molecule is CCCCSCc1cnc2c(cc(C(=O)C(F)(F)F)c3ncccc32)c1C(F)(F)F. The Balaban J connectivity index is 2.32. The topological polar surface area (TPSA) is 42.9 Å². The third kappa shape index (κ3) is 4.38. The smallest absolute Gasteiger partial charge is 0.284 e. The van der Waals surface area contributed by atoms with Gasteiger partial charge in [0.05, 0.1) is 22.2 Å². The molecule has 0 saturated carbocycles. The first-order valence-electron chi connectivity index (χ1n) is 9.01. The summed E-state index contributed by atoms with van der Waals surface area (Å²) in [4.78, 5) is 19.8. The lowest BCUT2D eigenvalue weighted by Crippen LogP contribution is -2.23. The summed E-state index contributed by atoms with van der Waals surface area (Å²) in [5, 5.41) is -0.581. The number of ketones is 1. The third-order valence-electron chi connectivity index (χ3n) is 4.49. The maximum absolute atomic E-state index is 14.0. The lowest BCUT2D eigenvalue weighted by Gasteiger charge is -2.17. The Bertz CT molecular complexity index is 1090. The van der Waals surface area contributed by atoms with Crippen molar-refractivity contribution < 1.29 is 31.1 Å². The van der Waals surface area contributed by atoms with Crippen LogP contribution in [0.4, 0.5) is 26.3 Å². The van der Waals surface area contributed by atoms with E-state index in [2.05, 4.69) is 9.97 Å². The van der Waals surface area contributed by atoms with Gasteiger partial charge in [0.15, 0.2) is 0 Å². The summed E-state index contributed by atoms with van der Waals surface area (Å²) in [5.41, 5.74) is -2.61. The second-order valence-electron chi connectivity index (χ2n) is 6.61. The van der Waals surface area contributed by atoms with Crippen LogP contribution in [0, 0.1) is 0 Å². The van der Waals surface area contributed by atoms with E-state index in [0.717, 1.165) is 19.0 Å². The Morgan fingerprint density at radius 3 is 2.43 bits per heavy atom. The molecule has 0 atom stereocenters. The molecule has 2 heterocycles. The second-order valence-corrected chi connectivity index (χ2v) is 7.71. The molecular formula is C20H16F6N2OS. The highest BCUT2D eigenvalue weighted by Gasteiger charge is 2.42. The van der Waals surface area contributed by atoms with E-state index in [1.165, 1.54) is 30.1 Å². The van der Waals surface area contributed by atoms with E-state index in [9.17, 15) is 31.1 Å². The largest absolute Gasteiger partial charge is 0.454 e. The molecule has 0 saturated heterocycles. The summed E-state index contributed by atoms with van der Waals surface area (Å²) in [6.45, 7) is 1.96. The molecule has 0 fully saturated rings. The Hall–Kier alpha value is -2.36. The Morgan fingerprint density at radius 1 is 1.07 bits per heavy atom. The average Bonchev–Trinajstić information content (AvgIpc) is 2.68. The number of Topliss-reactive ketones (excluding diaryl/α,β-unsaturated/α-hetero) is 1. The number of nitrogens with zero attached hydrogens (tertiary/aromatic N) is 2. The monoisotopic (exact) mass is 446 g/mol. The van der Waals surface area contributed by atoms with Crippen molar-refractivity contribution in [1.29, 1.82) is 0 Å². The van der Waals surface area contributed by atoms with Crippen LogP contribution in [0.25, 0.3) is 21.8 Å². The van der Waals surface area contributed by atoms with Crippen molar-refractivity contribution in [3.8, 4) is 0 Å².